The molecule has 0 aliphatic rings. The predicted molar refractivity (Wildman–Crippen MR) is 74.4 cm³/mol. The summed E-state index contributed by atoms with van der Waals surface area (Å²) in [4.78, 5) is 0.984. The molecule has 1 aromatic heterocycles. The molecule has 0 aliphatic heterocycles. The van der Waals surface area contributed by atoms with Crippen molar-refractivity contribution < 1.29 is 13.9 Å². The average molecular weight is 281 g/mol. The van der Waals surface area contributed by atoms with Crippen molar-refractivity contribution in [3.05, 3.63) is 45.9 Å². The second-order valence-corrected chi connectivity index (χ2v) is 5.12. The third-order valence-electron chi connectivity index (χ3n) is 2.71. The quantitative estimate of drug-likeness (QED) is 0.882. The van der Waals surface area contributed by atoms with E-state index in [1.165, 1.54) is 6.07 Å². The summed E-state index contributed by atoms with van der Waals surface area (Å²) in [5.41, 5.74) is 1.09. The lowest BCUT2D eigenvalue weighted by Crippen LogP contribution is -2.11. The summed E-state index contributed by atoms with van der Waals surface area (Å²) < 4.78 is 23.2. The maximum absolute atomic E-state index is 12.8. The first-order chi connectivity index (χ1) is 9.22. The Morgan fingerprint density at radius 3 is 2.47 bits per heavy atom. The number of ether oxygens (including phenoxy) is 2. The highest BCUT2D eigenvalue weighted by atomic mass is 32.1. The minimum Gasteiger partial charge on any atom is -0.493 e. The Balaban J connectivity index is 1.92. The Labute approximate surface area is 116 Å². The topological polar surface area (TPSA) is 30.5 Å². The summed E-state index contributed by atoms with van der Waals surface area (Å²) in [7, 11) is 3.23. The Hall–Kier alpha value is -1.59. The number of benzene rings is 1. The summed E-state index contributed by atoms with van der Waals surface area (Å²) >= 11 is 1.16. The van der Waals surface area contributed by atoms with Gasteiger partial charge in [0.2, 0.25) is 0 Å². The van der Waals surface area contributed by atoms with Gasteiger partial charge in [0.05, 0.1) is 14.2 Å². The van der Waals surface area contributed by atoms with Crippen LogP contribution in [0.5, 0.6) is 11.5 Å². The van der Waals surface area contributed by atoms with Crippen molar-refractivity contribution in [2.24, 2.45) is 0 Å². The van der Waals surface area contributed by atoms with E-state index >= 15 is 0 Å². The van der Waals surface area contributed by atoms with Crippen LogP contribution in [0.2, 0.25) is 0 Å². The lowest BCUT2D eigenvalue weighted by Gasteiger charge is -2.10. The van der Waals surface area contributed by atoms with Crippen molar-refractivity contribution >= 4 is 11.3 Å². The van der Waals surface area contributed by atoms with Gasteiger partial charge in [0, 0.05) is 18.0 Å². The van der Waals surface area contributed by atoms with Crippen LogP contribution in [0.15, 0.2) is 30.3 Å². The van der Waals surface area contributed by atoms with Crippen LogP contribution in [0.3, 0.4) is 0 Å². The zero-order valence-electron chi connectivity index (χ0n) is 10.9. The lowest BCUT2D eigenvalue weighted by atomic mass is 10.2. The lowest BCUT2D eigenvalue weighted by molar-refractivity contribution is 0.354. The Kier molecular flexibility index (Phi) is 4.76. The van der Waals surface area contributed by atoms with E-state index in [1.807, 2.05) is 18.2 Å². The fourth-order valence-corrected chi connectivity index (χ4v) is 2.46. The molecule has 1 heterocycles. The number of thiophene rings is 1. The fourth-order valence-electron chi connectivity index (χ4n) is 1.77. The minimum absolute atomic E-state index is 0.150. The molecule has 0 bridgehead atoms. The van der Waals surface area contributed by atoms with Gasteiger partial charge in [0.15, 0.2) is 16.6 Å². The first kappa shape index (κ1) is 13.8. The van der Waals surface area contributed by atoms with Crippen LogP contribution in [-0.4, -0.2) is 14.2 Å². The second kappa shape index (κ2) is 6.54. The van der Waals surface area contributed by atoms with Gasteiger partial charge in [-0.25, -0.2) is 0 Å². The van der Waals surface area contributed by atoms with Gasteiger partial charge in [-0.05, 0) is 29.8 Å². The number of hydrogen-bond donors (Lipinski definition) is 1. The highest BCUT2D eigenvalue weighted by Crippen LogP contribution is 2.27. The van der Waals surface area contributed by atoms with Gasteiger partial charge in [0.1, 0.15) is 0 Å². The molecule has 0 saturated heterocycles. The molecule has 2 rings (SSSR count). The fraction of sp³-hybridized carbons (Fsp3) is 0.286. The number of halogens is 1. The van der Waals surface area contributed by atoms with E-state index in [2.05, 4.69) is 5.32 Å². The van der Waals surface area contributed by atoms with Crippen molar-refractivity contribution in [1.82, 2.24) is 5.32 Å². The first-order valence-electron chi connectivity index (χ1n) is 5.88. The molecule has 5 heteroatoms. The van der Waals surface area contributed by atoms with Gasteiger partial charge < -0.3 is 14.8 Å². The highest BCUT2D eigenvalue weighted by Gasteiger charge is 2.04. The molecule has 0 unspecified atom stereocenters. The predicted octanol–water partition coefficient (Wildman–Crippen LogP) is 3.19. The molecule has 1 aromatic carbocycles. The maximum atomic E-state index is 12.8. The summed E-state index contributed by atoms with van der Waals surface area (Å²) in [5.74, 6) is 1.43. The second-order valence-electron chi connectivity index (χ2n) is 4.00. The minimum atomic E-state index is -0.150. The molecule has 0 aliphatic carbocycles. The molecular formula is C14H16FNO2S. The number of hydrogen-bond acceptors (Lipinski definition) is 4. The molecule has 1 N–H and O–H groups in total. The van der Waals surface area contributed by atoms with E-state index in [0.29, 0.717) is 24.6 Å². The molecule has 0 atom stereocenters. The van der Waals surface area contributed by atoms with Gasteiger partial charge in [-0.3, -0.25) is 0 Å². The third kappa shape index (κ3) is 3.68. The zero-order chi connectivity index (χ0) is 13.7. The van der Waals surface area contributed by atoms with E-state index in [-0.39, 0.29) is 5.13 Å². The van der Waals surface area contributed by atoms with E-state index in [1.54, 1.807) is 20.3 Å². The molecule has 0 radical (unpaired) electrons. The van der Waals surface area contributed by atoms with Crippen LogP contribution in [0, 0.1) is 5.13 Å². The van der Waals surface area contributed by atoms with E-state index in [4.69, 9.17) is 9.47 Å². The number of methoxy groups -OCH3 is 2. The van der Waals surface area contributed by atoms with Gasteiger partial charge in [-0.2, -0.15) is 4.39 Å². The Bertz CT molecular complexity index is 542. The molecule has 0 spiro atoms. The van der Waals surface area contributed by atoms with Crippen LogP contribution in [-0.2, 0) is 13.1 Å². The molecule has 3 nitrogen and oxygen atoms in total. The van der Waals surface area contributed by atoms with Crippen LogP contribution >= 0.6 is 11.3 Å². The molecule has 102 valence electrons. The SMILES string of the molecule is COc1ccc(CNCc2ccc(F)s2)cc1OC. The van der Waals surface area contributed by atoms with Crippen molar-refractivity contribution in [2.75, 3.05) is 14.2 Å². The third-order valence-corrected chi connectivity index (χ3v) is 3.58. The monoisotopic (exact) mass is 281 g/mol. The molecule has 0 fully saturated rings. The summed E-state index contributed by atoms with van der Waals surface area (Å²) in [6.45, 7) is 1.35. The molecule has 0 amide bonds. The summed E-state index contributed by atoms with van der Waals surface area (Å²) in [6, 6.07) is 9.06. The first-order valence-corrected chi connectivity index (χ1v) is 6.70. The Morgan fingerprint density at radius 1 is 1.05 bits per heavy atom. The van der Waals surface area contributed by atoms with Gasteiger partial charge in [-0.15, -0.1) is 11.3 Å². The van der Waals surface area contributed by atoms with Gasteiger partial charge in [0.25, 0.3) is 0 Å². The Morgan fingerprint density at radius 2 is 1.84 bits per heavy atom. The van der Waals surface area contributed by atoms with E-state index in [9.17, 15) is 4.39 Å². The average Bonchev–Trinajstić information content (AvgIpc) is 2.84. The van der Waals surface area contributed by atoms with Crippen molar-refractivity contribution in [2.45, 2.75) is 13.1 Å². The largest absolute Gasteiger partial charge is 0.493 e. The van der Waals surface area contributed by atoms with Crippen molar-refractivity contribution in [3.63, 3.8) is 0 Å². The molecule has 0 saturated carbocycles. The summed E-state index contributed by atoms with van der Waals surface area (Å²) in [5, 5.41) is 3.12. The van der Waals surface area contributed by atoms with Crippen LogP contribution in [0.4, 0.5) is 4.39 Å². The molecule has 19 heavy (non-hydrogen) atoms. The number of nitrogens with one attached hydrogen (secondary N) is 1. The van der Waals surface area contributed by atoms with Crippen molar-refractivity contribution in [3.8, 4) is 11.5 Å². The standard InChI is InChI=1S/C14H16FNO2S/c1-17-12-5-3-10(7-13(12)18-2)8-16-9-11-4-6-14(15)19-11/h3-7,16H,8-9H2,1-2H3. The smallest absolute Gasteiger partial charge is 0.176 e. The van der Waals surface area contributed by atoms with Crippen LogP contribution < -0.4 is 14.8 Å². The normalized spacial score (nSPS) is 10.5. The van der Waals surface area contributed by atoms with Gasteiger partial charge >= 0.3 is 0 Å². The van der Waals surface area contributed by atoms with Crippen LogP contribution in [0.25, 0.3) is 0 Å². The maximum Gasteiger partial charge on any atom is 0.176 e. The van der Waals surface area contributed by atoms with Crippen molar-refractivity contribution in [1.29, 1.82) is 0 Å². The number of rotatable bonds is 6. The molecule has 2 aromatic rings. The van der Waals surface area contributed by atoms with Crippen LogP contribution in [0.1, 0.15) is 10.4 Å². The zero-order valence-corrected chi connectivity index (χ0v) is 11.7. The molecular weight excluding hydrogens is 265 g/mol. The van der Waals surface area contributed by atoms with E-state index in [0.717, 1.165) is 21.8 Å². The highest BCUT2D eigenvalue weighted by molar-refractivity contribution is 7.10. The van der Waals surface area contributed by atoms with Gasteiger partial charge in [-0.1, -0.05) is 6.07 Å². The van der Waals surface area contributed by atoms with E-state index < -0.39 is 0 Å². The summed E-state index contributed by atoms with van der Waals surface area (Å²) in [6.07, 6.45) is 0.